The van der Waals surface area contributed by atoms with E-state index in [9.17, 15) is 14.3 Å². The minimum atomic E-state index is -0.770. The average Bonchev–Trinajstić information content (AvgIpc) is 2.75. The molecule has 6 N–H and O–H groups in total. The zero-order chi connectivity index (χ0) is 21.5. The molecule has 0 radical (unpaired) electrons. The van der Waals surface area contributed by atoms with Gasteiger partial charge in [0.1, 0.15) is 5.82 Å². The Balaban J connectivity index is 1.86. The molecule has 1 atom stereocenters. The van der Waals surface area contributed by atoms with Gasteiger partial charge in [-0.15, -0.1) is 5.53 Å². The summed E-state index contributed by atoms with van der Waals surface area (Å²) in [7, 11) is 0. The summed E-state index contributed by atoms with van der Waals surface area (Å²) in [4.78, 5) is 21.0. The molecule has 0 aliphatic heterocycles. The van der Waals surface area contributed by atoms with Crippen LogP contribution in [-0.2, 0) is 0 Å². The Kier molecular flexibility index (Phi) is 6.85. The third-order valence-electron chi connectivity index (χ3n) is 4.07. The molecule has 30 heavy (non-hydrogen) atoms. The second-order valence-electron chi connectivity index (χ2n) is 5.88. The van der Waals surface area contributed by atoms with E-state index in [0.29, 0.717) is 16.8 Å². The molecule has 1 aromatic carbocycles. The number of nitrogens with two attached hydrogens (primary N) is 1. The van der Waals surface area contributed by atoms with E-state index < -0.39 is 24.0 Å². The van der Waals surface area contributed by atoms with Gasteiger partial charge in [-0.2, -0.15) is 0 Å². The summed E-state index contributed by atoms with van der Waals surface area (Å²) in [6.07, 6.45) is 3.00. The molecule has 2 heterocycles. The lowest BCUT2D eigenvalue weighted by atomic mass is 10.1. The van der Waals surface area contributed by atoms with Crippen LogP contribution in [0.25, 0.3) is 11.3 Å². The van der Waals surface area contributed by atoms with E-state index in [1.54, 1.807) is 18.2 Å². The van der Waals surface area contributed by atoms with Crippen LogP contribution in [0.1, 0.15) is 11.6 Å². The lowest BCUT2D eigenvalue weighted by molar-refractivity contribution is 0.247. The molecule has 11 nitrogen and oxygen atoms in total. The number of benzene rings is 1. The van der Waals surface area contributed by atoms with Crippen molar-refractivity contribution < 1.29 is 9.50 Å². The molecule has 0 saturated carbocycles. The van der Waals surface area contributed by atoms with Crippen LogP contribution >= 0.6 is 11.6 Å². The maximum Gasteiger partial charge on any atom is 0.251 e. The lowest BCUT2D eigenvalue weighted by Gasteiger charge is -2.18. The van der Waals surface area contributed by atoms with Crippen LogP contribution < -0.4 is 27.9 Å². The highest BCUT2D eigenvalue weighted by atomic mass is 35.5. The molecule has 0 amide bonds. The number of anilines is 1. The maximum atomic E-state index is 13.8. The van der Waals surface area contributed by atoms with Gasteiger partial charge in [0, 0.05) is 24.0 Å². The quantitative estimate of drug-likeness (QED) is 0.154. The fourth-order valence-electron chi connectivity index (χ4n) is 2.70. The van der Waals surface area contributed by atoms with Gasteiger partial charge in [-0.3, -0.25) is 10.2 Å². The zero-order valence-corrected chi connectivity index (χ0v) is 16.1. The number of rotatable bonds is 8. The molecule has 0 unspecified atom stereocenters. The third kappa shape index (κ3) is 4.86. The highest BCUT2D eigenvalue weighted by Crippen LogP contribution is 2.23. The number of aliphatic hydroxyl groups is 1. The van der Waals surface area contributed by atoms with Gasteiger partial charge in [-0.1, -0.05) is 22.9 Å². The number of nitrogens with zero attached hydrogens (tertiary/aromatic N) is 5. The number of hydrazine groups is 2. The van der Waals surface area contributed by atoms with Crippen molar-refractivity contribution in [2.75, 3.05) is 12.0 Å². The molecule has 0 bridgehead atoms. The second kappa shape index (κ2) is 9.73. The molecule has 0 fully saturated rings. The van der Waals surface area contributed by atoms with Crippen LogP contribution in [0.15, 0.2) is 64.0 Å². The second-order valence-corrected chi connectivity index (χ2v) is 6.28. The summed E-state index contributed by atoms with van der Waals surface area (Å²) in [6.45, 7) is -0.402. The number of hydrogen-bond donors (Lipinski definition) is 5. The van der Waals surface area contributed by atoms with Crippen molar-refractivity contribution in [3.8, 4) is 11.3 Å². The van der Waals surface area contributed by atoms with Crippen molar-refractivity contribution in [1.29, 1.82) is 0 Å². The molecule has 0 aliphatic rings. The van der Waals surface area contributed by atoms with Crippen LogP contribution in [0.5, 0.6) is 0 Å². The van der Waals surface area contributed by atoms with Crippen LogP contribution in [-0.4, -0.2) is 26.2 Å². The first-order valence-corrected chi connectivity index (χ1v) is 8.88. The Morgan fingerprint density at radius 1 is 1.30 bits per heavy atom. The topological polar surface area (TPSA) is 155 Å². The number of pyridine rings is 1. The van der Waals surface area contributed by atoms with E-state index in [1.807, 2.05) is 0 Å². The SMILES string of the molecule is N/N=N\NNNc1nccc(-c2ccn([C@H](CO)c3ccc(Cl)c(F)c3)c(=O)c2)n1. The number of aliphatic hydroxyl groups excluding tert-OH is 1. The fraction of sp³-hybridized carbons (Fsp3) is 0.118. The van der Waals surface area contributed by atoms with E-state index >= 15 is 0 Å². The minimum absolute atomic E-state index is 0.0397. The van der Waals surface area contributed by atoms with Crippen LogP contribution in [0.3, 0.4) is 0 Å². The van der Waals surface area contributed by atoms with Crippen LogP contribution in [0.2, 0.25) is 5.02 Å². The molecule has 156 valence electrons. The molecule has 0 spiro atoms. The van der Waals surface area contributed by atoms with Crippen LogP contribution in [0.4, 0.5) is 10.3 Å². The predicted molar refractivity (Wildman–Crippen MR) is 107 cm³/mol. The summed E-state index contributed by atoms with van der Waals surface area (Å²) in [5, 5.41) is 16.0. The Bertz CT molecular complexity index is 1110. The lowest BCUT2D eigenvalue weighted by Crippen LogP contribution is -2.33. The highest BCUT2D eigenvalue weighted by Gasteiger charge is 2.16. The standard InChI is InChI=1S/C17H17ClFN9O2/c18-12-2-1-11(7-13(12)19)15(9-29)28-6-4-10(8-16(28)30)14-3-5-21-17(22-14)23-25-27-26-24-20/h1-8,15,29H,9H2,(H3,20,25,26)(H2,21,22,23,24,27)/t15-/m1/s1. The first-order valence-electron chi connectivity index (χ1n) is 8.51. The van der Waals surface area contributed by atoms with E-state index in [2.05, 4.69) is 36.9 Å². The van der Waals surface area contributed by atoms with E-state index in [0.717, 1.165) is 0 Å². The van der Waals surface area contributed by atoms with Crippen LogP contribution in [0, 0.1) is 5.82 Å². The number of aromatic nitrogens is 3. The van der Waals surface area contributed by atoms with Gasteiger partial charge in [0.05, 0.1) is 23.4 Å². The van der Waals surface area contributed by atoms with E-state index in [-0.39, 0.29) is 11.0 Å². The molecule has 3 aromatic rings. The molecular weight excluding hydrogens is 417 g/mol. The number of halogens is 2. The third-order valence-corrected chi connectivity index (χ3v) is 4.38. The summed E-state index contributed by atoms with van der Waals surface area (Å²) in [6, 6.07) is 7.98. The first kappa shape index (κ1) is 21.1. The molecular formula is C17H17ClFN9O2. The average molecular weight is 434 g/mol. The fourth-order valence-corrected chi connectivity index (χ4v) is 2.82. The largest absolute Gasteiger partial charge is 0.394 e. The van der Waals surface area contributed by atoms with Gasteiger partial charge in [-0.05, 0) is 35.1 Å². The van der Waals surface area contributed by atoms with Crippen molar-refractivity contribution in [2.24, 2.45) is 16.3 Å². The number of hydrogen-bond acceptors (Lipinski definition) is 8. The Morgan fingerprint density at radius 3 is 2.83 bits per heavy atom. The normalized spacial score (nSPS) is 12.1. The van der Waals surface area contributed by atoms with Gasteiger partial charge < -0.3 is 15.5 Å². The molecule has 0 aliphatic carbocycles. The van der Waals surface area contributed by atoms with Crippen molar-refractivity contribution in [3.05, 3.63) is 75.5 Å². The van der Waals surface area contributed by atoms with Crippen molar-refractivity contribution in [1.82, 2.24) is 25.6 Å². The summed E-state index contributed by atoms with van der Waals surface area (Å²) in [5.41, 5.74) is 8.35. The molecule has 3 rings (SSSR count). The van der Waals surface area contributed by atoms with Gasteiger partial charge >= 0.3 is 0 Å². The van der Waals surface area contributed by atoms with Gasteiger partial charge in [0.25, 0.3) is 5.56 Å². The first-order chi connectivity index (χ1) is 14.5. The van der Waals surface area contributed by atoms with Gasteiger partial charge in [0.2, 0.25) is 5.95 Å². The summed E-state index contributed by atoms with van der Waals surface area (Å²) in [5.74, 6) is 4.41. The molecule has 0 saturated heterocycles. The number of nitrogens with one attached hydrogen (secondary N) is 3. The monoisotopic (exact) mass is 433 g/mol. The highest BCUT2D eigenvalue weighted by molar-refractivity contribution is 6.30. The molecule has 2 aromatic heterocycles. The van der Waals surface area contributed by atoms with Crippen molar-refractivity contribution in [2.45, 2.75) is 6.04 Å². The smallest absolute Gasteiger partial charge is 0.251 e. The van der Waals surface area contributed by atoms with E-state index in [4.69, 9.17) is 17.4 Å². The van der Waals surface area contributed by atoms with Crippen molar-refractivity contribution >= 4 is 17.5 Å². The maximum absolute atomic E-state index is 13.8. The predicted octanol–water partition coefficient (Wildman–Crippen LogP) is 1.34. The van der Waals surface area contributed by atoms with Gasteiger partial charge in [-0.25, -0.2) is 19.9 Å². The Labute approximate surface area is 174 Å². The van der Waals surface area contributed by atoms with Crippen molar-refractivity contribution in [3.63, 3.8) is 0 Å². The minimum Gasteiger partial charge on any atom is -0.394 e. The van der Waals surface area contributed by atoms with E-state index in [1.165, 1.54) is 35.2 Å². The van der Waals surface area contributed by atoms with Gasteiger partial charge in [0.15, 0.2) is 0 Å². The molecule has 13 heteroatoms. The Hall–Kier alpha value is -3.61. The summed E-state index contributed by atoms with van der Waals surface area (Å²) >= 11 is 5.71. The zero-order valence-electron chi connectivity index (χ0n) is 15.3. The Morgan fingerprint density at radius 2 is 2.13 bits per heavy atom. The summed E-state index contributed by atoms with van der Waals surface area (Å²) < 4.78 is 15.1.